The maximum absolute atomic E-state index is 12.9. The van der Waals surface area contributed by atoms with Crippen molar-refractivity contribution in [2.75, 3.05) is 12.4 Å². The van der Waals surface area contributed by atoms with Crippen molar-refractivity contribution < 1.29 is 18.1 Å². The summed E-state index contributed by atoms with van der Waals surface area (Å²) in [5.41, 5.74) is 0.385. The topological polar surface area (TPSA) is 122 Å². The highest BCUT2D eigenvalue weighted by Crippen LogP contribution is 2.27. The lowest BCUT2D eigenvalue weighted by Gasteiger charge is -2.30. The van der Waals surface area contributed by atoms with E-state index >= 15 is 0 Å². The third-order valence-corrected chi connectivity index (χ3v) is 7.55. The first kappa shape index (κ1) is 23.8. The second-order valence-corrected chi connectivity index (χ2v) is 9.96. The number of carbonyl (C=O) groups excluding carboxylic acids is 1. The van der Waals surface area contributed by atoms with E-state index < -0.39 is 20.9 Å². The van der Waals surface area contributed by atoms with Gasteiger partial charge in [-0.25, -0.2) is 8.42 Å². The third-order valence-electron chi connectivity index (χ3n) is 5.42. The number of non-ortho nitro benzene ring substituents is 1. The zero-order valence-corrected chi connectivity index (χ0v) is 19.1. The van der Waals surface area contributed by atoms with Crippen LogP contribution in [0.15, 0.2) is 53.4 Å². The second kappa shape index (κ2) is 10.2. The number of hydrogen-bond acceptors (Lipinski definition) is 6. The zero-order chi connectivity index (χ0) is 23.3. The molecule has 11 heteroatoms. The van der Waals surface area contributed by atoms with Gasteiger partial charge in [0.05, 0.1) is 9.82 Å². The number of nitrogens with zero attached hydrogens (tertiary/aromatic N) is 2. The molecular formula is C21H24N4O5S2. The van der Waals surface area contributed by atoms with Gasteiger partial charge in [0.25, 0.3) is 11.6 Å². The van der Waals surface area contributed by atoms with Crippen molar-refractivity contribution in [3.63, 3.8) is 0 Å². The average Bonchev–Trinajstić information content (AvgIpc) is 2.79. The Hall–Kier alpha value is -2.89. The number of nitro benzene ring substituents is 1. The number of carbonyl (C=O) groups is 1. The summed E-state index contributed by atoms with van der Waals surface area (Å²) in [5.74, 6) is -0.598. The van der Waals surface area contributed by atoms with Crippen molar-refractivity contribution in [3.8, 4) is 0 Å². The van der Waals surface area contributed by atoms with Crippen molar-refractivity contribution in [2.45, 2.75) is 43.0 Å². The van der Waals surface area contributed by atoms with Gasteiger partial charge >= 0.3 is 0 Å². The molecule has 1 aliphatic carbocycles. The fourth-order valence-electron chi connectivity index (χ4n) is 3.62. The van der Waals surface area contributed by atoms with Gasteiger partial charge < -0.3 is 5.32 Å². The van der Waals surface area contributed by atoms with Crippen LogP contribution in [-0.2, 0) is 10.0 Å². The standard InChI is InChI=1S/C21H24N4O5S2/c1-24(17-7-3-2-4-8-17)32(29,30)19-12-10-16(11-13-19)22-21(31)23-20(26)15-6-5-9-18(14-15)25(27)28/h5-6,9-14,17H,2-4,7-8H2,1H3,(H2,22,23,26,31). The molecule has 2 aromatic carbocycles. The first-order valence-corrected chi connectivity index (χ1v) is 12.0. The van der Waals surface area contributed by atoms with E-state index in [0.717, 1.165) is 38.2 Å². The highest BCUT2D eigenvalue weighted by atomic mass is 32.2. The van der Waals surface area contributed by atoms with E-state index in [1.54, 1.807) is 19.2 Å². The van der Waals surface area contributed by atoms with E-state index in [2.05, 4.69) is 10.6 Å². The molecule has 3 rings (SSSR count). The molecule has 0 spiro atoms. The Morgan fingerprint density at radius 2 is 1.78 bits per heavy atom. The van der Waals surface area contributed by atoms with Gasteiger partial charge in [0, 0.05) is 36.5 Å². The maximum Gasteiger partial charge on any atom is 0.270 e. The fraction of sp³-hybridized carbons (Fsp3) is 0.333. The summed E-state index contributed by atoms with van der Waals surface area (Å²) in [7, 11) is -1.98. The summed E-state index contributed by atoms with van der Waals surface area (Å²) in [6, 6.07) is 11.4. The molecule has 170 valence electrons. The van der Waals surface area contributed by atoms with Crippen LogP contribution < -0.4 is 10.6 Å². The van der Waals surface area contributed by atoms with Crippen LogP contribution in [0.4, 0.5) is 11.4 Å². The molecule has 0 bridgehead atoms. The number of hydrogen-bond donors (Lipinski definition) is 2. The normalized spacial score (nSPS) is 14.7. The van der Waals surface area contributed by atoms with Gasteiger partial charge in [-0.2, -0.15) is 4.31 Å². The fourth-order valence-corrected chi connectivity index (χ4v) is 5.24. The molecule has 2 aromatic rings. The Bertz CT molecular complexity index is 1110. The van der Waals surface area contributed by atoms with Gasteiger partial charge in [0.2, 0.25) is 10.0 Å². The molecule has 9 nitrogen and oxygen atoms in total. The predicted molar refractivity (Wildman–Crippen MR) is 125 cm³/mol. The number of nitrogens with one attached hydrogen (secondary N) is 2. The summed E-state index contributed by atoms with van der Waals surface area (Å²) in [4.78, 5) is 22.7. The van der Waals surface area contributed by atoms with Crippen LogP contribution in [0.3, 0.4) is 0 Å². The second-order valence-electron chi connectivity index (χ2n) is 7.55. The van der Waals surface area contributed by atoms with Crippen LogP contribution >= 0.6 is 12.2 Å². The molecule has 1 fully saturated rings. The SMILES string of the molecule is CN(C1CCCCC1)S(=O)(=O)c1ccc(NC(=S)NC(=O)c2cccc([N+](=O)[O-])c2)cc1. The molecule has 0 heterocycles. The number of amides is 1. The Labute approximate surface area is 192 Å². The molecule has 1 amide bonds. The first-order valence-electron chi connectivity index (χ1n) is 10.1. The third kappa shape index (κ3) is 5.67. The van der Waals surface area contributed by atoms with Crippen molar-refractivity contribution in [1.29, 1.82) is 0 Å². The van der Waals surface area contributed by atoms with Crippen molar-refractivity contribution >= 4 is 44.6 Å². The van der Waals surface area contributed by atoms with E-state index in [9.17, 15) is 23.3 Å². The molecule has 0 radical (unpaired) electrons. The Balaban J connectivity index is 1.62. The van der Waals surface area contributed by atoms with Crippen molar-refractivity contribution in [3.05, 3.63) is 64.2 Å². The van der Waals surface area contributed by atoms with Crippen LogP contribution in [0.5, 0.6) is 0 Å². The molecular weight excluding hydrogens is 452 g/mol. The molecule has 0 atom stereocenters. The lowest BCUT2D eigenvalue weighted by Crippen LogP contribution is -2.38. The van der Waals surface area contributed by atoms with Gasteiger partial charge in [0.15, 0.2) is 5.11 Å². The maximum atomic E-state index is 12.9. The summed E-state index contributed by atoms with van der Waals surface area (Å²) < 4.78 is 27.3. The summed E-state index contributed by atoms with van der Waals surface area (Å²) >= 11 is 5.13. The number of rotatable bonds is 6. The van der Waals surface area contributed by atoms with Crippen molar-refractivity contribution in [1.82, 2.24) is 9.62 Å². The molecule has 2 N–H and O–H groups in total. The van der Waals surface area contributed by atoms with Gasteiger partial charge in [-0.15, -0.1) is 0 Å². The van der Waals surface area contributed by atoms with Crippen LogP contribution in [0.25, 0.3) is 0 Å². The lowest BCUT2D eigenvalue weighted by atomic mass is 9.96. The smallest absolute Gasteiger partial charge is 0.270 e. The number of anilines is 1. The Kier molecular flexibility index (Phi) is 7.54. The quantitative estimate of drug-likeness (QED) is 0.370. The van der Waals surface area contributed by atoms with E-state index in [4.69, 9.17) is 12.2 Å². The van der Waals surface area contributed by atoms with Crippen molar-refractivity contribution in [2.24, 2.45) is 0 Å². The van der Waals surface area contributed by atoms with Crippen LogP contribution in [0, 0.1) is 10.1 Å². The highest BCUT2D eigenvalue weighted by Gasteiger charge is 2.28. The van der Waals surface area contributed by atoms with E-state index in [1.165, 1.54) is 34.6 Å². The molecule has 32 heavy (non-hydrogen) atoms. The largest absolute Gasteiger partial charge is 0.332 e. The molecule has 0 saturated heterocycles. The number of thiocarbonyl (C=S) groups is 1. The van der Waals surface area contributed by atoms with Gasteiger partial charge in [-0.05, 0) is 55.4 Å². The average molecular weight is 477 g/mol. The summed E-state index contributed by atoms with van der Waals surface area (Å²) in [6.07, 6.45) is 4.95. The highest BCUT2D eigenvalue weighted by molar-refractivity contribution is 7.89. The van der Waals surface area contributed by atoms with E-state index in [0.29, 0.717) is 5.69 Å². The van der Waals surface area contributed by atoms with Gasteiger partial charge in [-0.3, -0.25) is 20.2 Å². The number of benzene rings is 2. The monoisotopic (exact) mass is 476 g/mol. The minimum atomic E-state index is -3.60. The number of sulfonamides is 1. The molecule has 1 aliphatic rings. The summed E-state index contributed by atoms with van der Waals surface area (Å²) in [6.45, 7) is 0. The number of nitro groups is 1. The molecule has 1 saturated carbocycles. The minimum absolute atomic E-state index is 0.0168. The van der Waals surface area contributed by atoms with E-state index in [1.807, 2.05) is 0 Å². The first-order chi connectivity index (χ1) is 15.2. The van der Waals surface area contributed by atoms with Gasteiger partial charge in [-0.1, -0.05) is 25.3 Å². The predicted octanol–water partition coefficient (Wildman–Crippen LogP) is 3.67. The van der Waals surface area contributed by atoms with Crippen LogP contribution in [-0.4, -0.2) is 41.8 Å². The molecule has 0 aromatic heterocycles. The van der Waals surface area contributed by atoms with E-state index in [-0.39, 0.29) is 27.3 Å². The molecule has 0 unspecified atom stereocenters. The van der Waals surface area contributed by atoms with Crippen LogP contribution in [0.1, 0.15) is 42.5 Å². The lowest BCUT2D eigenvalue weighted by molar-refractivity contribution is -0.384. The molecule has 0 aliphatic heterocycles. The summed E-state index contributed by atoms with van der Waals surface area (Å²) in [5, 5.41) is 16.1. The minimum Gasteiger partial charge on any atom is -0.332 e. The Morgan fingerprint density at radius 1 is 1.12 bits per heavy atom. The zero-order valence-electron chi connectivity index (χ0n) is 17.5. The van der Waals surface area contributed by atoms with Crippen LogP contribution in [0.2, 0.25) is 0 Å². The Morgan fingerprint density at radius 3 is 2.41 bits per heavy atom. The van der Waals surface area contributed by atoms with Gasteiger partial charge in [0.1, 0.15) is 0 Å².